The summed E-state index contributed by atoms with van der Waals surface area (Å²) in [5.41, 5.74) is -0.576. The molecule has 7 nitrogen and oxygen atoms in total. The normalized spacial score (nSPS) is 11.5. The first-order chi connectivity index (χ1) is 15.6. The lowest BCUT2D eigenvalue weighted by Gasteiger charge is -2.10. The van der Waals surface area contributed by atoms with Crippen molar-refractivity contribution in [2.45, 2.75) is 6.18 Å². The molecule has 166 valence electrons. The number of carboxylic acids is 1. The third-order valence-electron chi connectivity index (χ3n) is 4.47. The van der Waals surface area contributed by atoms with Crippen LogP contribution in [0.1, 0.15) is 27.0 Å². The lowest BCUT2D eigenvalue weighted by Crippen LogP contribution is -2.06. The second kappa shape index (κ2) is 9.23. The fraction of sp³-hybridized carbons (Fsp3) is 0.0435. The number of hydrogen-bond acceptors (Lipinski definition) is 5. The van der Waals surface area contributed by atoms with Crippen LogP contribution in [0.25, 0.3) is 11.6 Å². The average Bonchev–Trinajstić information content (AvgIpc) is 2.78. The van der Waals surface area contributed by atoms with Crippen LogP contribution in [-0.4, -0.2) is 16.0 Å². The van der Waals surface area contributed by atoms with Crippen LogP contribution in [0.5, 0.6) is 11.5 Å². The number of benzene rings is 3. The monoisotopic (exact) mass is 454 g/mol. The Kier molecular flexibility index (Phi) is 6.44. The molecule has 0 unspecified atom stereocenters. The molecule has 1 N–H and O–H groups in total. The number of nitro groups is 1. The number of ether oxygens (including phenoxy) is 1. The molecule has 0 heterocycles. The van der Waals surface area contributed by atoms with Gasteiger partial charge in [0.2, 0.25) is 5.75 Å². The van der Waals surface area contributed by atoms with Gasteiger partial charge in [0, 0.05) is 6.07 Å². The number of hydrogen-bond donors (Lipinski definition) is 1. The third-order valence-corrected chi connectivity index (χ3v) is 4.47. The molecule has 3 aromatic carbocycles. The maximum Gasteiger partial charge on any atom is 0.416 e. The zero-order chi connectivity index (χ0) is 24.2. The molecule has 0 radical (unpaired) electrons. The predicted molar refractivity (Wildman–Crippen MR) is 111 cm³/mol. The highest BCUT2D eigenvalue weighted by molar-refractivity contribution is 5.92. The molecule has 0 aliphatic carbocycles. The Labute approximate surface area is 184 Å². The number of carbonyl (C=O) groups is 1. The van der Waals surface area contributed by atoms with Gasteiger partial charge >= 0.3 is 17.8 Å². The topological polar surface area (TPSA) is 113 Å². The molecule has 0 spiro atoms. The Balaban J connectivity index is 1.83. The Morgan fingerprint density at radius 3 is 2.15 bits per heavy atom. The van der Waals surface area contributed by atoms with Gasteiger partial charge in [-0.1, -0.05) is 24.3 Å². The number of halogens is 3. The van der Waals surface area contributed by atoms with Crippen LogP contribution in [0.15, 0.2) is 66.7 Å². The van der Waals surface area contributed by atoms with Crippen LogP contribution in [0.4, 0.5) is 18.9 Å². The standard InChI is InChI=1S/C23H13F3N2O5/c24-23(25,26)18-7-10-21(20(12-18)28(31)32)33-19-8-1-14(2-9-19)11-17(13-27)15-3-5-16(6-4-15)22(29)30/h1-12H,(H,29,30)/b17-11-. The Bertz CT molecular complexity index is 1280. The van der Waals surface area contributed by atoms with E-state index in [1.54, 1.807) is 18.2 Å². The molecule has 0 saturated carbocycles. The van der Waals surface area contributed by atoms with Crippen LogP contribution >= 0.6 is 0 Å². The van der Waals surface area contributed by atoms with Crippen LogP contribution < -0.4 is 4.74 Å². The molecule has 0 aliphatic heterocycles. The second-order valence-electron chi connectivity index (χ2n) is 6.66. The fourth-order valence-corrected chi connectivity index (χ4v) is 2.82. The summed E-state index contributed by atoms with van der Waals surface area (Å²) in [7, 11) is 0. The molecule has 0 fully saturated rings. The molecule has 0 aromatic heterocycles. The zero-order valence-corrected chi connectivity index (χ0v) is 16.5. The van der Waals surface area contributed by atoms with E-state index in [9.17, 15) is 33.3 Å². The molecule has 0 bridgehead atoms. The zero-order valence-electron chi connectivity index (χ0n) is 16.5. The molecule has 3 rings (SSSR count). The van der Waals surface area contributed by atoms with Gasteiger partial charge in [-0.25, -0.2) is 4.79 Å². The van der Waals surface area contributed by atoms with E-state index in [4.69, 9.17) is 9.84 Å². The number of rotatable bonds is 6. The molecule has 33 heavy (non-hydrogen) atoms. The molecule has 0 saturated heterocycles. The summed E-state index contributed by atoms with van der Waals surface area (Å²) in [6.45, 7) is 0. The highest BCUT2D eigenvalue weighted by Gasteiger charge is 2.33. The number of alkyl halides is 3. The van der Waals surface area contributed by atoms with Crippen molar-refractivity contribution < 1.29 is 32.7 Å². The lowest BCUT2D eigenvalue weighted by atomic mass is 10.0. The van der Waals surface area contributed by atoms with Crippen molar-refractivity contribution in [2.24, 2.45) is 0 Å². The van der Waals surface area contributed by atoms with E-state index in [1.807, 2.05) is 6.07 Å². The maximum atomic E-state index is 12.8. The van der Waals surface area contributed by atoms with Crippen molar-refractivity contribution in [1.82, 2.24) is 0 Å². The average molecular weight is 454 g/mol. The molecule has 0 aliphatic rings. The number of nitro benzene ring substituents is 1. The van der Waals surface area contributed by atoms with Gasteiger partial charge in [0.05, 0.1) is 27.7 Å². The van der Waals surface area contributed by atoms with Gasteiger partial charge < -0.3 is 9.84 Å². The quantitative estimate of drug-likeness (QED) is 0.206. The van der Waals surface area contributed by atoms with Crippen molar-refractivity contribution in [1.29, 1.82) is 5.26 Å². The van der Waals surface area contributed by atoms with E-state index in [1.165, 1.54) is 36.4 Å². The molecule has 0 amide bonds. The van der Waals surface area contributed by atoms with Crippen molar-refractivity contribution in [3.8, 4) is 17.6 Å². The summed E-state index contributed by atoms with van der Waals surface area (Å²) in [5, 5.41) is 29.6. The largest absolute Gasteiger partial charge is 0.478 e. The van der Waals surface area contributed by atoms with Crippen molar-refractivity contribution >= 4 is 23.3 Å². The lowest BCUT2D eigenvalue weighted by molar-refractivity contribution is -0.385. The van der Waals surface area contributed by atoms with Gasteiger partial charge in [-0.15, -0.1) is 0 Å². The van der Waals surface area contributed by atoms with E-state index in [2.05, 4.69) is 0 Å². The minimum atomic E-state index is -4.73. The Morgan fingerprint density at radius 2 is 1.64 bits per heavy atom. The second-order valence-corrected chi connectivity index (χ2v) is 6.66. The first kappa shape index (κ1) is 23.0. The number of nitriles is 1. The predicted octanol–water partition coefficient (Wildman–Crippen LogP) is 6.17. The summed E-state index contributed by atoms with van der Waals surface area (Å²) in [6, 6.07) is 15.7. The number of nitrogens with zero attached hydrogens (tertiary/aromatic N) is 2. The molecule has 3 aromatic rings. The number of aromatic carboxylic acids is 1. The Morgan fingerprint density at radius 1 is 1.03 bits per heavy atom. The van der Waals surface area contributed by atoms with E-state index in [0.717, 1.165) is 6.07 Å². The first-order valence-corrected chi connectivity index (χ1v) is 9.17. The van der Waals surface area contributed by atoms with Gasteiger partial charge in [0.15, 0.2) is 0 Å². The van der Waals surface area contributed by atoms with Crippen LogP contribution in [0, 0.1) is 21.4 Å². The van der Waals surface area contributed by atoms with Gasteiger partial charge in [0.25, 0.3) is 0 Å². The van der Waals surface area contributed by atoms with Crippen molar-refractivity contribution in [3.63, 3.8) is 0 Å². The minimum absolute atomic E-state index is 0.0786. The SMILES string of the molecule is N#C/C(=C/c1ccc(Oc2ccc(C(F)(F)F)cc2[N+](=O)[O-])cc1)c1ccc(C(=O)O)cc1. The van der Waals surface area contributed by atoms with Gasteiger partial charge in [0.1, 0.15) is 5.75 Å². The highest BCUT2D eigenvalue weighted by atomic mass is 19.4. The first-order valence-electron chi connectivity index (χ1n) is 9.17. The highest BCUT2D eigenvalue weighted by Crippen LogP contribution is 2.37. The van der Waals surface area contributed by atoms with Crippen molar-refractivity contribution in [2.75, 3.05) is 0 Å². The summed E-state index contributed by atoms with van der Waals surface area (Å²) in [4.78, 5) is 21.2. The summed E-state index contributed by atoms with van der Waals surface area (Å²) in [5.74, 6) is -1.31. The van der Waals surface area contributed by atoms with Crippen LogP contribution in [-0.2, 0) is 6.18 Å². The van der Waals surface area contributed by atoms with E-state index >= 15 is 0 Å². The molecular formula is C23H13F3N2O5. The molecule has 10 heteroatoms. The summed E-state index contributed by atoms with van der Waals surface area (Å²) in [6.07, 6.45) is -3.19. The van der Waals surface area contributed by atoms with E-state index in [0.29, 0.717) is 23.3 Å². The number of carboxylic acid groups (broad SMARTS) is 1. The van der Waals surface area contributed by atoms with E-state index < -0.39 is 28.3 Å². The van der Waals surface area contributed by atoms with E-state index in [-0.39, 0.29) is 22.6 Å². The smallest absolute Gasteiger partial charge is 0.416 e. The summed E-state index contributed by atoms with van der Waals surface area (Å²) >= 11 is 0. The van der Waals surface area contributed by atoms with Crippen LogP contribution in [0.3, 0.4) is 0 Å². The third kappa shape index (κ3) is 5.54. The summed E-state index contributed by atoms with van der Waals surface area (Å²) < 4.78 is 43.9. The van der Waals surface area contributed by atoms with Gasteiger partial charge in [-0.2, -0.15) is 18.4 Å². The van der Waals surface area contributed by atoms with Gasteiger partial charge in [-0.3, -0.25) is 10.1 Å². The number of allylic oxidation sites excluding steroid dienone is 1. The minimum Gasteiger partial charge on any atom is -0.478 e. The van der Waals surface area contributed by atoms with Crippen molar-refractivity contribution in [3.05, 3.63) is 99.1 Å². The molecule has 0 atom stereocenters. The Hall–Kier alpha value is -4.65. The van der Waals surface area contributed by atoms with Gasteiger partial charge in [-0.05, 0) is 53.6 Å². The van der Waals surface area contributed by atoms with Crippen LogP contribution in [0.2, 0.25) is 0 Å². The maximum absolute atomic E-state index is 12.8. The fourth-order valence-electron chi connectivity index (χ4n) is 2.82. The molecular weight excluding hydrogens is 441 g/mol.